The third kappa shape index (κ3) is 8.37. The van der Waals surface area contributed by atoms with Crippen molar-refractivity contribution in [2.24, 2.45) is 0 Å². The molecule has 0 aliphatic carbocycles. The molecule has 6 nitrogen and oxygen atoms in total. The van der Waals surface area contributed by atoms with Crippen LogP contribution in [0.2, 0.25) is 0 Å². The van der Waals surface area contributed by atoms with Crippen LogP contribution in [0, 0.1) is 6.92 Å². The van der Waals surface area contributed by atoms with Crippen LogP contribution >= 0.6 is 0 Å². The minimum Gasteiger partial charge on any atom is -0.457 e. The number of benzene rings is 9. The third-order valence-corrected chi connectivity index (χ3v) is 11.4. The van der Waals surface area contributed by atoms with Gasteiger partial charge in [-0.2, -0.15) is 0 Å². The summed E-state index contributed by atoms with van der Waals surface area (Å²) >= 11 is 0. The predicted molar refractivity (Wildman–Crippen MR) is 242 cm³/mol. The van der Waals surface area contributed by atoms with Gasteiger partial charge in [0.1, 0.15) is 13.2 Å². The fraction of sp³-hybridized carbons (Fsp3) is 0.127. The van der Waals surface area contributed by atoms with Gasteiger partial charge in [0.05, 0.1) is 37.6 Å². The molecule has 0 aliphatic rings. The molecule has 300 valence electrons. The van der Waals surface area contributed by atoms with E-state index in [-0.39, 0.29) is 13.2 Å². The molecule has 61 heavy (non-hydrogen) atoms. The van der Waals surface area contributed by atoms with Gasteiger partial charge in [-0.3, -0.25) is 0 Å². The zero-order valence-corrected chi connectivity index (χ0v) is 33.9. The average molecular weight is 801 g/mol. The molecule has 0 aliphatic heterocycles. The van der Waals surface area contributed by atoms with Crippen LogP contribution in [0.4, 0.5) is 0 Å². The Morgan fingerprint density at radius 3 is 1.05 bits per heavy atom. The Kier molecular flexibility index (Phi) is 11.6. The van der Waals surface area contributed by atoms with Crippen molar-refractivity contribution < 1.29 is 28.5 Å². The molecule has 0 spiro atoms. The number of carbonyl (C=O) groups is 2. The number of carbonyl (C=O) groups excluding carboxylic acids is 2. The van der Waals surface area contributed by atoms with Crippen molar-refractivity contribution in [3.8, 4) is 0 Å². The Morgan fingerprint density at radius 1 is 0.361 bits per heavy atom. The van der Waals surface area contributed by atoms with E-state index >= 15 is 0 Å². The maximum Gasteiger partial charge on any atom is 0.338 e. The van der Waals surface area contributed by atoms with Gasteiger partial charge in [0.15, 0.2) is 0 Å². The monoisotopic (exact) mass is 800 g/mol. The first kappa shape index (κ1) is 39.3. The second-order valence-electron chi connectivity index (χ2n) is 15.2. The van der Waals surface area contributed by atoms with Gasteiger partial charge in [0.2, 0.25) is 0 Å². The minimum absolute atomic E-state index is 0.0771. The molecular formula is C55H44O6. The Balaban J connectivity index is 0.907. The number of fused-ring (bicyclic) bond motifs is 4. The van der Waals surface area contributed by atoms with Crippen molar-refractivity contribution in [3.63, 3.8) is 0 Å². The molecule has 0 N–H and O–H groups in total. The van der Waals surface area contributed by atoms with Crippen LogP contribution in [0.1, 0.15) is 59.7 Å². The maximum absolute atomic E-state index is 13.7. The van der Waals surface area contributed by atoms with E-state index in [1.807, 2.05) is 91.9 Å². The number of hydrogen-bond donors (Lipinski definition) is 0. The van der Waals surface area contributed by atoms with Crippen LogP contribution in [0.15, 0.2) is 176 Å². The molecule has 0 atom stereocenters. The van der Waals surface area contributed by atoms with E-state index in [0.717, 1.165) is 76.5 Å². The highest BCUT2D eigenvalue weighted by Gasteiger charge is 2.20. The van der Waals surface area contributed by atoms with E-state index in [9.17, 15) is 9.59 Å². The molecular weight excluding hydrogens is 757 g/mol. The Bertz CT molecular complexity index is 2910. The molecule has 0 saturated heterocycles. The van der Waals surface area contributed by atoms with E-state index in [1.165, 1.54) is 0 Å². The Morgan fingerprint density at radius 2 is 0.689 bits per heavy atom. The summed E-state index contributed by atoms with van der Waals surface area (Å²) in [7, 11) is 0. The third-order valence-electron chi connectivity index (χ3n) is 11.4. The first-order valence-electron chi connectivity index (χ1n) is 20.5. The number of hydrogen-bond acceptors (Lipinski definition) is 6. The zero-order valence-electron chi connectivity index (χ0n) is 33.9. The molecule has 6 heteroatoms. The van der Waals surface area contributed by atoms with Crippen LogP contribution in [-0.4, -0.2) is 11.9 Å². The van der Waals surface area contributed by atoms with Crippen molar-refractivity contribution in [3.05, 3.63) is 226 Å². The fourth-order valence-electron chi connectivity index (χ4n) is 8.39. The van der Waals surface area contributed by atoms with Crippen molar-refractivity contribution >= 4 is 55.0 Å². The van der Waals surface area contributed by atoms with Crippen LogP contribution in [-0.2, 0) is 58.6 Å². The number of ether oxygens (including phenoxy) is 4. The Hall–Kier alpha value is -7.12. The van der Waals surface area contributed by atoms with Crippen molar-refractivity contribution in [2.75, 3.05) is 0 Å². The molecule has 0 amide bonds. The average Bonchev–Trinajstić information content (AvgIpc) is 3.31. The van der Waals surface area contributed by atoms with Gasteiger partial charge < -0.3 is 18.9 Å². The highest BCUT2D eigenvalue weighted by atomic mass is 16.5. The van der Waals surface area contributed by atoms with Crippen molar-refractivity contribution in [1.29, 1.82) is 0 Å². The molecule has 9 aromatic carbocycles. The molecule has 9 rings (SSSR count). The highest BCUT2D eigenvalue weighted by Crippen LogP contribution is 2.36. The first-order chi connectivity index (χ1) is 30.0. The Labute approximate surface area is 354 Å². The summed E-state index contributed by atoms with van der Waals surface area (Å²) in [5.74, 6) is -0.941. The van der Waals surface area contributed by atoms with Gasteiger partial charge in [0.25, 0.3) is 0 Å². The van der Waals surface area contributed by atoms with Crippen LogP contribution in [0.3, 0.4) is 0 Å². The van der Waals surface area contributed by atoms with E-state index in [1.54, 1.807) is 18.2 Å². The van der Waals surface area contributed by atoms with Crippen molar-refractivity contribution in [2.45, 2.75) is 46.6 Å². The number of esters is 2. The summed E-state index contributed by atoms with van der Waals surface area (Å²) < 4.78 is 24.5. The summed E-state index contributed by atoms with van der Waals surface area (Å²) in [6.07, 6.45) is 0. The topological polar surface area (TPSA) is 71.1 Å². The molecule has 0 bridgehead atoms. The van der Waals surface area contributed by atoms with Gasteiger partial charge >= 0.3 is 11.9 Å². The number of rotatable bonds is 14. The minimum atomic E-state index is -0.475. The lowest BCUT2D eigenvalue weighted by atomic mass is 9.92. The van der Waals surface area contributed by atoms with Gasteiger partial charge in [-0.15, -0.1) is 0 Å². The normalized spacial score (nSPS) is 11.4. The predicted octanol–water partition coefficient (Wildman–Crippen LogP) is 12.8. The highest BCUT2D eigenvalue weighted by molar-refractivity contribution is 6.07. The van der Waals surface area contributed by atoms with Crippen LogP contribution in [0.5, 0.6) is 0 Å². The van der Waals surface area contributed by atoms with E-state index in [2.05, 4.69) is 72.8 Å². The van der Waals surface area contributed by atoms with Crippen LogP contribution < -0.4 is 0 Å². The van der Waals surface area contributed by atoms with E-state index in [0.29, 0.717) is 43.1 Å². The molecule has 0 unspecified atom stereocenters. The quantitative estimate of drug-likeness (QED) is 0.0806. The summed E-state index contributed by atoms with van der Waals surface area (Å²) in [4.78, 5) is 27.3. The van der Waals surface area contributed by atoms with Crippen LogP contribution in [0.25, 0.3) is 43.1 Å². The van der Waals surface area contributed by atoms with Crippen molar-refractivity contribution in [1.82, 2.24) is 0 Å². The molecule has 0 radical (unpaired) electrons. The summed E-state index contributed by atoms with van der Waals surface area (Å²) in [6, 6.07) is 58.0. The summed E-state index contributed by atoms with van der Waals surface area (Å²) in [6.45, 7) is 3.85. The molecule has 0 fully saturated rings. The maximum atomic E-state index is 13.7. The first-order valence-corrected chi connectivity index (χ1v) is 20.5. The van der Waals surface area contributed by atoms with Gasteiger partial charge in [-0.05, 0) is 96.0 Å². The smallest absolute Gasteiger partial charge is 0.338 e. The molecule has 0 saturated carbocycles. The molecule has 0 aromatic heterocycles. The molecule has 9 aromatic rings. The fourth-order valence-corrected chi connectivity index (χ4v) is 8.39. The van der Waals surface area contributed by atoms with Gasteiger partial charge in [-0.25, -0.2) is 9.59 Å². The lowest BCUT2D eigenvalue weighted by Crippen LogP contribution is -2.11. The second kappa shape index (κ2) is 18.0. The lowest BCUT2D eigenvalue weighted by Gasteiger charge is -2.18. The van der Waals surface area contributed by atoms with E-state index in [4.69, 9.17) is 18.9 Å². The lowest BCUT2D eigenvalue weighted by molar-refractivity contribution is 0.0461. The summed E-state index contributed by atoms with van der Waals surface area (Å²) in [5, 5.41) is 8.27. The SMILES string of the molecule is Cc1cc(C(=O)OCc2c3ccccc3c(COCc3ccccc3)c3ccccc23)ccc1C(=O)OCc1c2ccccc2c(COCc2ccccc2)c2ccccc12. The molecule has 0 heterocycles. The van der Waals surface area contributed by atoms with Gasteiger partial charge in [0, 0.05) is 11.1 Å². The second-order valence-corrected chi connectivity index (χ2v) is 15.2. The number of aryl methyl sites for hydroxylation is 1. The standard InChI is InChI=1S/C55H44O6/c1-37-30-40(54(56)60-35-52-46-24-12-8-20-42(46)50(43-21-9-13-25-47(43)52)33-58-31-38-16-4-2-5-17-38)28-29-41(37)55(57)61-36-53-48-26-14-10-22-44(48)51(45-23-11-15-27-49(45)53)34-59-32-39-18-6-3-7-19-39/h2-30H,31-36H2,1H3. The van der Waals surface area contributed by atoms with E-state index < -0.39 is 11.9 Å². The largest absolute Gasteiger partial charge is 0.457 e. The zero-order chi connectivity index (χ0) is 41.5. The summed E-state index contributed by atoms with van der Waals surface area (Å²) in [5.41, 5.74) is 7.64. The van der Waals surface area contributed by atoms with Gasteiger partial charge in [-0.1, -0.05) is 158 Å².